The topological polar surface area (TPSA) is 75.7 Å². The maximum atomic E-state index is 12.2. The molecule has 146 valence electrons. The lowest BCUT2D eigenvalue weighted by molar-refractivity contribution is -0.120. The molecule has 2 aromatic rings. The standard InChI is InChI=1S/C20H26N2O4S/c1-4-8-16(2)21-20(23)15-22(27(3,24)25)17-11-13-19(14-12-17)26-18-9-6-5-7-10-18/h5-7,9-14,16H,4,8,15H2,1-3H3,(H,21,23)/t16-/m1/s1. The number of carbonyl (C=O) groups is 1. The number of hydrogen-bond donors (Lipinski definition) is 1. The number of nitrogens with zero attached hydrogens (tertiary/aromatic N) is 1. The Balaban J connectivity index is 2.11. The molecule has 0 aliphatic carbocycles. The van der Waals surface area contributed by atoms with E-state index in [4.69, 9.17) is 4.74 Å². The van der Waals surface area contributed by atoms with Gasteiger partial charge in [0.25, 0.3) is 0 Å². The van der Waals surface area contributed by atoms with Gasteiger partial charge in [0.2, 0.25) is 15.9 Å². The van der Waals surface area contributed by atoms with E-state index >= 15 is 0 Å². The lowest BCUT2D eigenvalue weighted by atomic mass is 10.2. The van der Waals surface area contributed by atoms with E-state index in [1.54, 1.807) is 24.3 Å². The van der Waals surface area contributed by atoms with Gasteiger partial charge in [0.05, 0.1) is 11.9 Å². The highest BCUT2D eigenvalue weighted by Gasteiger charge is 2.21. The van der Waals surface area contributed by atoms with Crippen molar-refractivity contribution in [3.8, 4) is 11.5 Å². The van der Waals surface area contributed by atoms with E-state index in [0.29, 0.717) is 17.2 Å². The minimum Gasteiger partial charge on any atom is -0.457 e. The maximum Gasteiger partial charge on any atom is 0.240 e. The molecule has 1 atom stereocenters. The molecule has 0 radical (unpaired) electrons. The third-order valence-electron chi connectivity index (χ3n) is 3.92. The van der Waals surface area contributed by atoms with Crippen LogP contribution in [-0.4, -0.2) is 33.2 Å². The number of anilines is 1. The molecule has 0 unspecified atom stereocenters. The summed E-state index contributed by atoms with van der Waals surface area (Å²) in [5.74, 6) is 0.944. The SMILES string of the molecule is CCC[C@@H](C)NC(=O)CN(c1ccc(Oc2ccccc2)cc1)S(C)(=O)=O. The molecular formula is C20H26N2O4S. The van der Waals surface area contributed by atoms with Crippen LogP contribution in [0, 0.1) is 0 Å². The lowest BCUT2D eigenvalue weighted by Crippen LogP contribution is -2.43. The summed E-state index contributed by atoms with van der Waals surface area (Å²) in [6.45, 7) is 3.68. The van der Waals surface area contributed by atoms with Crippen molar-refractivity contribution in [2.45, 2.75) is 32.7 Å². The lowest BCUT2D eigenvalue weighted by Gasteiger charge is -2.23. The maximum absolute atomic E-state index is 12.2. The van der Waals surface area contributed by atoms with E-state index < -0.39 is 10.0 Å². The molecule has 1 N–H and O–H groups in total. The molecule has 7 heteroatoms. The van der Waals surface area contributed by atoms with Crippen LogP contribution in [0.15, 0.2) is 54.6 Å². The van der Waals surface area contributed by atoms with E-state index in [0.717, 1.165) is 23.4 Å². The van der Waals surface area contributed by atoms with Gasteiger partial charge in [-0.3, -0.25) is 9.10 Å². The van der Waals surface area contributed by atoms with Crippen molar-refractivity contribution >= 4 is 21.6 Å². The zero-order valence-corrected chi connectivity index (χ0v) is 16.7. The number of rotatable bonds is 9. The Morgan fingerprint density at radius 2 is 1.67 bits per heavy atom. The van der Waals surface area contributed by atoms with Crippen LogP contribution in [0.2, 0.25) is 0 Å². The first-order valence-corrected chi connectivity index (χ1v) is 10.7. The zero-order chi connectivity index (χ0) is 19.9. The van der Waals surface area contributed by atoms with E-state index in [1.165, 1.54) is 0 Å². The van der Waals surface area contributed by atoms with Crippen LogP contribution in [0.5, 0.6) is 11.5 Å². The molecule has 1 amide bonds. The highest BCUT2D eigenvalue weighted by atomic mass is 32.2. The van der Waals surface area contributed by atoms with Gasteiger partial charge in [0.15, 0.2) is 0 Å². The number of carbonyl (C=O) groups excluding carboxylic acids is 1. The van der Waals surface area contributed by atoms with Crippen LogP contribution in [0.25, 0.3) is 0 Å². The van der Waals surface area contributed by atoms with Crippen molar-refractivity contribution in [3.63, 3.8) is 0 Å². The highest BCUT2D eigenvalue weighted by molar-refractivity contribution is 7.92. The minimum absolute atomic E-state index is 0.00515. The van der Waals surface area contributed by atoms with Gasteiger partial charge in [-0.2, -0.15) is 0 Å². The molecular weight excluding hydrogens is 364 g/mol. The predicted octanol–water partition coefficient (Wildman–Crippen LogP) is 3.55. The van der Waals surface area contributed by atoms with Crippen molar-refractivity contribution in [3.05, 3.63) is 54.6 Å². The third kappa shape index (κ3) is 6.60. The first-order valence-electron chi connectivity index (χ1n) is 8.89. The van der Waals surface area contributed by atoms with Gasteiger partial charge in [-0.05, 0) is 49.7 Å². The molecule has 0 aromatic heterocycles. The monoisotopic (exact) mass is 390 g/mol. The number of benzene rings is 2. The molecule has 2 aromatic carbocycles. The molecule has 0 aliphatic rings. The summed E-state index contributed by atoms with van der Waals surface area (Å²) in [5.41, 5.74) is 0.413. The van der Waals surface area contributed by atoms with Gasteiger partial charge in [-0.1, -0.05) is 31.5 Å². The number of nitrogens with one attached hydrogen (secondary N) is 1. The second kappa shape index (κ2) is 9.41. The van der Waals surface area contributed by atoms with Crippen LogP contribution >= 0.6 is 0 Å². The summed E-state index contributed by atoms with van der Waals surface area (Å²) < 4.78 is 31.1. The molecule has 0 spiro atoms. The number of sulfonamides is 1. The second-order valence-corrected chi connectivity index (χ2v) is 8.34. The molecule has 0 bridgehead atoms. The molecule has 2 rings (SSSR count). The van der Waals surface area contributed by atoms with E-state index in [-0.39, 0.29) is 18.5 Å². The summed E-state index contributed by atoms with van der Waals surface area (Å²) in [5, 5.41) is 2.83. The van der Waals surface area contributed by atoms with Crippen molar-refractivity contribution < 1.29 is 17.9 Å². The van der Waals surface area contributed by atoms with Gasteiger partial charge >= 0.3 is 0 Å². The van der Waals surface area contributed by atoms with Crippen LogP contribution in [0.1, 0.15) is 26.7 Å². The van der Waals surface area contributed by atoms with Crippen molar-refractivity contribution in [1.29, 1.82) is 0 Å². The molecule has 0 saturated heterocycles. The normalized spacial score (nSPS) is 12.3. The minimum atomic E-state index is -3.60. The van der Waals surface area contributed by atoms with Gasteiger partial charge in [-0.15, -0.1) is 0 Å². The first-order chi connectivity index (χ1) is 12.8. The summed E-state index contributed by atoms with van der Waals surface area (Å²) in [6, 6.07) is 15.9. The fraction of sp³-hybridized carbons (Fsp3) is 0.350. The molecule has 0 saturated carbocycles. The Labute approximate surface area is 161 Å². The van der Waals surface area contributed by atoms with Gasteiger partial charge in [-0.25, -0.2) is 8.42 Å². The highest BCUT2D eigenvalue weighted by Crippen LogP contribution is 2.25. The number of ether oxygens (including phenoxy) is 1. The Morgan fingerprint density at radius 1 is 1.07 bits per heavy atom. The number of para-hydroxylation sites is 1. The Bertz CT molecular complexity index is 836. The fourth-order valence-corrected chi connectivity index (χ4v) is 3.52. The fourth-order valence-electron chi connectivity index (χ4n) is 2.66. The summed E-state index contributed by atoms with van der Waals surface area (Å²) in [7, 11) is -3.60. The van der Waals surface area contributed by atoms with Crippen LogP contribution in [0.3, 0.4) is 0 Å². The predicted molar refractivity (Wildman–Crippen MR) is 108 cm³/mol. The van der Waals surface area contributed by atoms with E-state index in [2.05, 4.69) is 5.32 Å². The van der Waals surface area contributed by atoms with Gasteiger partial charge in [0.1, 0.15) is 18.0 Å². The third-order valence-corrected chi connectivity index (χ3v) is 5.06. The Kier molecular flexibility index (Phi) is 7.24. The smallest absolute Gasteiger partial charge is 0.240 e. The van der Waals surface area contributed by atoms with E-state index in [9.17, 15) is 13.2 Å². The Morgan fingerprint density at radius 3 is 2.22 bits per heavy atom. The molecule has 6 nitrogen and oxygen atoms in total. The second-order valence-electron chi connectivity index (χ2n) is 6.44. The largest absolute Gasteiger partial charge is 0.457 e. The molecule has 0 heterocycles. The molecule has 27 heavy (non-hydrogen) atoms. The Hall–Kier alpha value is -2.54. The van der Waals surface area contributed by atoms with Crippen LogP contribution in [0.4, 0.5) is 5.69 Å². The summed E-state index contributed by atoms with van der Waals surface area (Å²) in [4.78, 5) is 12.2. The summed E-state index contributed by atoms with van der Waals surface area (Å²) in [6.07, 6.45) is 2.88. The molecule has 0 fully saturated rings. The molecule has 0 aliphatic heterocycles. The number of amides is 1. The van der Waals surface area contributed by atoms with Crippen LogP contribution < -0.4 is 14.4 Å². The van der Waals surface area contributed by atoms with E-state index in [1.807, 2.05) is 44.2 Å². The van der Waals surface area contributed by atoms with Crippen molar-refractivity contribution in [2.75, 3.05) is 17.1 Å². The van der Waals surface area contributed by atoms with Gasteiger partial charge < -0.3 is 10.1 Å². The summed E-state index contributed by atoms with van der Waals surface area (Å²) >= 11 is 0. The number of hydrogen-bond acceptors (Lipinski definition) is 4. The average Bonchev–Trinajstić information content (AvgIpc) is 2.61. The first kappa shape index (κ1) is 20.8. The zero-order valence-electron chi connectivity index (χ0n) is 15.9. The quantitative estimate of drug-likeness (QED) is 0.710. The van der Waals surface area contributed by atoms with Crippen LogP contribution in [-0.2, 0) is 14.8 Å². The van der Waals surface area contributed by atoms with Crippen molar-refractivity contribution in [2.24, 2.45) is 0 Å². The van der Waals surface area contributed by atoms with Crippen molar-refractivity contribution in [1.82, 2.24) is 5.32 Å². The van der Waals surface area contributed by atoms with Gasteiger partial charge in [0, 0.05) is 6.04 Å². The average molecular weight is 391 g/mol.